The van der Waals surface area contributed by atoms with Crippen molar-refractivity contribution in [1.82, 2.24) is 10.4 Å². The molecule has 3 rings (SSSR count). The molecule has 0 aliphatic rings. The van der Waals surface area contributed by atoms with Gasteiger partial charge in [0.25, 0.3) is 0 Å². The van der Waals surface area contributed by atoms with E-state index in [2.05, 4.69) is 15.5 Å². The van der Waals surface area contributed by atoms with E-state index in [1.807, 2.05) is 24.3 Å². The van der Waals surface area contributed by atoms with Crippen molar-refractivity contribution in [3.05, 3.63) is 69.7 Å². The third kappa shape index (κ3) is 5.94. The van der Waals surface area contributed by atoms with Gasteiger partial charge >= 0.3 is 0 Å². The molecule has 0 atom stereocenters. The summed E-state index contributed by atoms with van der Waals surface area (Å²) in [4.78, 5) is 15.9. The Morgan fingerprint density at radius 2 is 2.14 bits per heavy atom. The van der Waals surface area contributed by atoms with E-state index in [-0.39, 0.29) is 12.3 Å². The Hall–Kier alpha value is -3.10. The van der Waals surface area contributed by atoms with Gasteiger partial charge in [-0.2, -0.15) is 5.10 Å². The molecule has 0 aliphatic carbocycles. The van der Waals surface area contributed by atoms with E-state index < -0.39 is 0 Å². The van der Waals surface area contributed by atoms with Crippen molar-refractivity contribution in [1.29, 1.82) is 0 Å². The zero-order valence-corrected chi connectivity index (χ0v) is 17.2. The molecule has 0 radical (unpaired) electrons. The normalized spacial score (nSPS) is 10.8. The van der Waals surface area contributed by atoms with Crippen LogP contribution in [-0.2, 0) is 17.8 Å². The number of rotatable bonds is 8. The van der Waals surface area contributed by atoms with Gasteiger partial charge in [0.15, 0.2) is 16.6 Å². The second-order valence-corrected chi connectivity index (χ2v) is 7.23. The lowest BCUT2D eigenvalue weighted by Crippen LogP contribution is -2.19. The highest BCUT2D eigenvalue weighted by Crippen LogP contribution is 2.29. The summed E-state index contributed by atoms with van der Waals surface area (Å²) in [5.41, 5.74) is 10.2. The Morgan fingerprint density at radius 3 is 2.86 bits per heavy atom. The molecule has 0 spiro atoms. The van der Waals surface area contributed by atoms with Crippen LogP contribution in [-0.4, -0.2) is 24.2 Å². The number of carbonyl (C=O) groups is 1. The van der Waals surface area contributed by atoms with Gasteiger partial charge in [-0.15, -0.1) is 11.3 Å². The van der Waals surface area contributed by atoms with Crippen molar-refractivity contribution < 1.29 is 14.3 Å². The van der Waals surface area contributed by atoms with Gasteiger partial charge in [-0.1, -0.05) is 29.8 Å². The van der Waals surface area contributed by atoms with Crippen LogP contribution in [0.25, 0.3) is 0 Å². The molecule has 3 aromatic rings. The molecule has 0 unspecified atom stereocenters. The monoisotopic (exact) mass is 430 g/mol. The minimum atomic E-state index is -0.279. The summed E-state index contributed by atoms with van der Waals surface area (Å²) in [6, 6.07) is 12.8. The number of hydrogen-bond donors (Lipinski definition) is 2. The predicted molar refractivity (Wildman–Crippen MR) is 115 cm³/mol. The van der Waals surface area contributed by atoms with Crippen LogP contribution >= 0.6 is 22.9 Å². The van der Waals surface area contributed by atoms with Crippen molar-refractivity contribution in [2.24, 2.45) is 5.10 Å². The second-order valence-electron chi connectivity index (χ2n) is 5.94. The largest absolute Gasteiger partial charge is 0.493 e. The Labute approximate surface area is 177 Å². The maximum atomic E-state index is 11.9. The van der Waals surface area contributed by atoms with Gasteiger partial charge in [0.05, 0.1) is 25.4 Å². The highest BCUT2D eigenvalue weighted by atomic mass is 35.5. The average molecular weight is 431 g/mol. The first-order valence-electron chi connectivity index (χ1n) is 8.61. The van der Waals surface area contributed by atoms with Crippen LogP contribution in [0.2, 0.25) is 5.02 Å². The topological polar surface area (TPSA) is 98.8 Å². The molecular weight excluding hydrogens is 412 g/mol. The third-order valence-corrected chi connectivity index (χ3v) is 4.93. The first-order chi connectivity index (χ1) is 14.0. The third-order valence-electron chi connectivity index (χ3n) is 3.84. The first kappa shape index (κ1) is 20.6. The van der Waals surface area contributed by atoms with Gasteiger partial charge in [-0.3, -0.25) is 4.79 Å². The number of nitrogen functional groups attached to an aromatic ring is 1. The van der Waals surface area contributed by atoms with Gasteiger partial charge in [0.2, 0.25) is 5.91 Å². The number of hydrogen-bond acceptors (Lipinski definition) is 7. The Balaban J connectivity index is 1.58. The summed E-state index contributed by atoms with van der Waals surface area (Å²) in [7, 11) is 1.56. The number of nitrogens with one attached hydrogen (secondary N) is 1. The standard InChI is InChI=1S/C20H19ClN4O3S/c1-27-18-8-13(10-23-25-19(26)9-15-12-29-20(22)24-15)6-7-17(18)28-11-14-4-2-3-5-16(14)21/h2-8,10,12H,9,11H2,1H3,(H2,22,24)(H,25,26)/b23-10+. The average Bonchev–Trinajstić information content (AvgIpc) is 3.12. The predicted octanol–water partition coefficient (Wildman–Crippen LogP) is 3.66. The maximum absolute atomic E-state index is 11.9. The number of thiazole rings is 1. The molecule has 29 heavy (non-hydrogen) atoms. The molecule has 0 bridgehead atoms. The van der Waals surface area contributed by atoms with E-state index in [1.165, 1.54) is 17.6 Å². The number of anilines is 1. The number of halogens is 1. The van der Waals surface area contributed by atoms with Crippen molar-refractivity contribution >= 4 is 40.2 Å². The lowest BCUT2D eigenvalue weighted by Gasteiger charge is -2.12. The summed E-state index contributed by atoms with van der Waals surface area (Å²) in [5, 5.41) is 6.78. The molecule has 3 N–H and O–H groups in total. The molecule has 1 amide bonds. The lowest BCUT2D eigenvalue weighted by atomic mass is 10.2. The SMILES string of the molecule is COc1cc(/C=N/NC(=O)Cc2csc(N)n2)ccc1OCc1ccccc1Cl. The molecule has 150 valence electrons. The number of carbonyl (C=O) groups excluding carboxylic acids is 1. The molecule has 1 aromatic heterocycles. The number of hydrazone groups is 1. The molecule has 0 aliphatic heterocycles. The highest BCUT2D eigenvalue weighted by molar-refractivity contribution is 7.13. The minimum absolute atomic E-state index is 0.114. The summed E-state index contributed by atoms with van der Waals surface area (Å²) in [5.74, 6) is 0.846. The maximum Gasteiger partial charge on any atom is 0.246 e. The number of nitrogens with two attached hydrogens (primary N) is 1. The van der Waals surface area contributed by atoms with E-state index in [1.54, 1.807) is 30.7 Å². The lowest BCUT2D eigenvalue weighted by molar-refractivity contribution is -0.120. The van der Waals surface area contributed by atoms with E-state index in [4.69, 9.17) is 26.8 Å². The van der Waals surface area contributed by atoms with E-state index >= 15 is 0 Å². The van der Waals surface area contributed by atoms with Gasteiger partial charge in [-0.05, 0) is 29.8 Å². The van der Waals surface area contributed by atoms with Crippen LogP contribution in [0.1, 0.15) is 16.8 Å². The summed E-state index contributed by atoms with van der Waals surface area (Å²) < 4.78 is 11.2. The Morgan fingerprint density at radius 1 is 1.31 bits per heavy atom. The molecule has 9 heteroatoms. The van der Waals surface area contributed by atoms with Crippen LogP contribution in [0, 0.1) is 0 Å². The zero-order chi connectivity index (χ0) is 20.6. The number of nitrogens with zero attached hydrogens (tertiary/aromatic N) is 2. The summed E-state index contributed by atoms with van der Waals surface area (Å²) in [6.07, 6.45) is 1.64. The van der Waals surface area contributed by atoms with Gasteiger partial charge in [-0.25, -0.2) is 10.4 Å². The number of ether oxygens (including phenoxy) is 2. The van der Waals surface area contributed by atoms with Gasteiger partial charge in [0.1, 0.15) is 6.61 Å². The summed E-state index contributed by atoms with van der Waals surface area (Å²) in [6.45, 7) is 0.320. The molecule has 0 saturated carbocycles. The fraction of sp³-hybridized carbons (Fsp3) is 0.150. The Bertz CT molecular complexity index is 1020. The highest BCUT2D eigenvalue weighted by Gasteiger charge is 2.08. The molecule has 0 fully saturated rings. The number of aromatic nitrogens is 1. The molecular formula is C20H19ClN4O3S. The second kappa shape index (κ2) is 9.90. The van der Waals surface area contributed by atoms with Crippen LogP contribution in [0.15, 0.2) is 52.9 Å². The van der Waals surface area contributed by atoms with Crippen LogP contribution in [0.3, 0.4) is 0 Å². The molecule has 2 aromatic carbocycles. The van der Waals surface area contributed by atoms with Gasteiger partial charge < -0.3 is 15.2 Å². The molecule has 7 nitrogen and oxygen atoms in total. The fourth-order valence-corrected chi connectivity index (χ4v) is 3.19. The van der Waals surface area contributed by atoms with Gasteiger partial charge in [0, 0.05) is 16.0 Å². The summed E-state index contributed by atoms with van der Waals surface area (Å²) >= 11 is 7.44. The van der Waals surface area contributed by atoms with Crippen molar-refractivity contribution in [3.8, 4) is 11.5 Å². The number of amides is 1. The molecule has 0 saturated heterocycles. The van der Waals surface area contributed by atoms with Crippen LogP contribution in [0.5, 0.6) is 11.5 Å². The van der Waals surface area contributed by atoms with Crippen LogP contribution in [0.4, 0.5) is 5.13 Å². The molecule has 1 heterocycles. The minimum Gasteiger partial charge on any atom is -0.493 e. The van der Waals surface area contributed by atoms with Crippen LogP contribution < -0.4 is 20.6 Å². The fourth-order valence-electron chi connectivity index (χ4n) is 2.44. The quantitative estimate of drug-likeness (QED) is 0.419. The first-order valence-corrected chi connectivity index (χ1v) is 9.87. The zero-order valence-electron chi connectivity index (χ0n) is 15.6. The smallest absolute Gasteiger partial charge is 0.246 e. The van der Waals surface area contributed by atoms with E-state index in [0.29, 0.717) is 34.0 Å². The number of benzene rings is 2. The Kier molecular flexibility index (Phi) is 7.04. The van der Waals surface area contributed by atoms with Crippen molar-refractivity contribution in [2.75, 3.05) is 12.8 Å². The van der Waals surface area contributed by atoms with Crippen molar-refractivity contribution in [3.63, 3.8) is 0 Å². The van der Waals surface area contributed by atoms with Crippen molar-refractivity contribution in [2.45, 2.75) is 13.0 Å². The van der Waals surface area contributed by atoms with E-state index in [9.17, 15) is 4.79 Å². The number of methoxy groups -OCH3 is 1. The van der Waals surface area contributed by atoms with E-state index in [0.717, 1.165) is 11.1 Å².